The monoisotopic (exact) mass is 216 g/mol. The number of alkyl carbamates (subject to hydrolysis) is 1. The molecule has 0 aromatic rings. The van der Waals surface area contributed by atoms with Crippen molar-refractivity contribution >= 4 is 12.1 Å². The minimum atomic E-state index is -1.09. The lowest BCUT2D eigenvalue weighted by molar-refractivity contribution is -0.132. The van der Waals surface area contributed by atoms with E-state index in [0.717, 1.165) is 0 Å². The maximum absolute atomic E-state index is 10.9. The van der Waals surface area contributed by atoms with Crippen LogP contribution in [0.2, 0.25) is 0 Å². The van der Waals surface area contributed by atoms with Gasteiger partial charge in [0.1, 0.15) is 6.61 Å². The Hall–Kier alpha value is -1.72. The molecule has 0 fully saturated rings. The van der Waals surface area contributed by atoms with E-state index in [1.807, 2.05) is 0 Å². The van der Waals surface area contributed by atoms with E-state index in [1.165, 1.54) is 0 Å². The van der Waals surface area contributed by atoms with Gasteiger partial charge in [0.15, 0.2) is 0 Å². The highest BCUT2D eigenvalue weighted by molar-refractivity contribution is 5.87. The molecule has 1 amide bonds. The summed E-state index contributed by atoms with van der Waals surface area (Å²) >= 11 is 0. The van der Waals surface area contributed by atoms with Crippen LogP contribution in [0.1, 0.15) is 20.3 Å². The molecule has 0 saturated carbocycles. The van der Waals surface area contributed by atoms with Crippen molar-refractivity contribution in [3.8, 4) is 0 Å². The molecule has 0 aromatic carbocycles. The second-order valence-electron chi connectivity index (χ2n) is 2.77. The van der Waals surface area contributed by atoms with Crippen molar-refractivity contribution in [1.29, 1.82) is 0 Å². The molecule has 0 aliphatic heterocycles. The number of ether oxygens (including phenoxy) is 1. The second-order valence-corrected chi connectivity index (χ2v) is 2.77. The zero-order chi connectivity index (χ0) is 11.8. The molecule has 86 valence electrons. The Morgan fingerprint density at radius 1 is 1.40 bits per heavy atom. The van der Waals surface area contributed by atoms with Gasteiger partial charge in [0.25, 0.3) is 0 Å². The first-order valence-electron chi connectivity index (χ1n) is 4.64. The predicted octanol–water partition coefficient (Wildman–Crippen LogP) is 0.440. The van der Waals surface area contributed by atoms with E-state index in [2.05, 4.69) is 10.1 Å². The second kappa shape index (κ2) is 6.69. The summed E-state index contributed by atoms with van der Waals surface area (Å²) < 4.78 is 4.68. The van der Waals surface area contributed by atoms with Crippen LogP contribution < -0.4 is 11.1 Å². The summed E-state index contributed by atoms with van der Waals surface area (Å²) in [5.74, 6) is -1.09. The van der Waals surface area contributed by atoms with E-state index in [4.69, 9.17) is 10.8 Å². The molecular weight excluding hydrogens is 200 g/mol. The van der Waals surface area contributed by atoms with Crippen LogP contribution in [0, 0.1) is 0 Å². The number of hydrogen-bond acceptors (Lipinski definition) is 4. The summed E-state index contributed by atoms with van der Waals surface area (Å²) in [7, 11) is 0. The van der Waals surface area contributed by atoms with Crippen molar-refractivity contribution in [3.05, 3.63) is 11.3 Å². The molecule has 0 aliphatic rings. The smallest absolute Gasteiger partial charge is 0.407 e. The molecule has 0 saturated heterocycles. The van der Waals surface area contributed by atoms with Gasteiger partial charge in [-0.05, 0) is 13.3 Å². The third kappa shape index (κ3) is 4.90. The Balaban J connectivity index is 4.27. The summed E-state index contributed by atoms with van der Waals surface area (Å²) in [5, 5.41) is 11.1. The molecular formula is C9H16N2O4. The van der Waals surface area contributed by atoms with Crippen LogP contribution in [-0.2, 0) is 9.53 Å². The van der Waals surface area contributed by atoms with E-state index >= 15 is 0 Å². The van der Waals surface area contributed by atoms with Gasteiger partial charge >= 0.3 is 12.1 Å². The molecule has 15 heavy (non-hydrogen) atoms. The summed E-state index contributed by atoms with van der Waals surface area (Å²) in [6.07, 6.45) is -0.318. The number of carboxylic acid groups (broad SMARTS) is 1. The highest BCUT2D eigenvalue weighted by Gasteiger charge is 2.11. The number of carbonyl (C=O) groups excluding carboxylic acids is 1. The summed E-state index contributed by atoms with van der Waals surface area (Å²) in [6.45, 7) is 3.65. The molecule has 0 radical (unpaired) electrons. The standard InChI is InChI=1S/C9H16N2O4/c1-3-6(8(12)13)7(10)5-15-9(14)11-4-2/h3-5,10H2,1-2H3,(H,11,14)(H,12,13). The Bertz CT molecular complexity index is 273. The molecule has 0 aliphatic carbocycles. The summed E-state index contributed by atoms with van der Waals surface area (Å²) in [4.78, 5) is 21.5. The Labute approximate surface area is 88.1 Å². The van der Waals surface area contributed by atoms with Crippen molar-refractivity contribution in [2.24, 2.45) is 5.73 Å². The highest BCUT2D eigenvalue weighted by Crippen LogP contribution is 2.04. The average Bonchev–Trinajstić information content (AvgIpc) is 2.15. The predicted molar refractivity (Wildman–Crippen MR) is 54.2 cm³/mol. The number of nitrogens with one attached hydrogen (secondary N) is 1. The first-order valence-corrected chi connectivity index (χ1v) is 4.64. The molecule has 6 heteroatoms. The van der Waals surface area contributed by atoms with Gasteiger partial charge in [-0.3, -0.25) is 0 Å². The zero-order valence-corrected chi connectivity index (χ0v) is 8.87. The molecule has 4 N–H and O–H groups in total. The molecule has 6 nitrogen and oxygen atoms in total. The van der Waals surface area contributed by atoms with Crippen LogP contribution in [0.5, 0.6) is 0 Å². The average molecular weight is 216 g/mol. The van der Waals surface area contributed by atoms with Crippen LogP contribution in [0.25, 0.3) is 0 Å². The Morgan fingerprint density at radius 3 is 2.40 bits per heavy atom. The molecule has 0 atom stereocenters. The quantitative estimate of drug-likeness (QED) is 0.579. The fourth-order valence-electron chi connectivity index (χ4n) is 0.941. The molecule has 0 bridgehead atoms. The number of rotatable bonds is 5. The highest BCUT2D eigenvalue weighted by atomic mass is 16.5. The van der Waals surface area contributed by atoms with Gasteiger partial charge in [-0.1, -0.05) is 6.92 Å². The minimum absolute atomic E-state index is 0.0660. The van der Waals surface area contributed by atoms with E-state index in [9.17, 15) is 9.59 Å². The lowest BCUT2D eigenvalue weighted by Gasteiger charge is -2.07. The van der Waals surface area contributed by atoms with Gasteiger partial charge in [-0.25, -0.2) is 9.59 Å². The Kier molecular flexibility index (Phi) is 5.92. The fourth-order valence-corrected chi connectivity index (χ4v) is 0.941. The Morgan fingerprint density at radius 2 is 2.00 bits per heavy atom. The van der Waals surface area contributed by atoms with Crippen LogP contribution in [0.3, 0.4) is 0 Å². The topological polar surface area (TPSA) is 102 Å². The number of aliphatic carboxylic acids is 1. The third-order valence-electron chi connectivity index (χ3n) is 1.68. The van der Waals surface area contributed by atoms with Crippen LogP contribution >= 0.6 is 0 Å². The molecule has 0 unspecified atom stereocenters. The summed E-state index contributed by atoms with van der Waals surface area (Å²) in [5.41, 5.74) is 5.60. The van der Waals surface area contributed by atoms with Crippen LogP contribution in [0.15, 0.2) is 11.3 Å². The summed E-state index contributed by atoms with van der Waals surface area (Å²) in [6, 6.07) is 0. The number of carboxylic acids is 1. The van der Waals surface area contributed by atoms with Crippen LogP contribution in [-0.4, -0.2) is 30.3 Å². The lowest BCUT2D eigenvalue weighted by Crippen LogP contribution is -2.26. The number of hydrogen-bond donors (Lipinski definition) is 3. The van der Waals surface area contributed by atoms with Gasteiger partial charge in [0, 0.05) is 6.54 Å². The van der Waals surface area contributed by atoms with E-state index in [1.54, 1.807) is 13.8 Å². The number of amides is 1. The van der Waals surface area contributed by atoms with Gasteiger partial charge in [-0.15, -0.1) is 0 Å². The van der Waals surface area contributed by atoms with Crippen molar-refractivity contribution in [3.63, 3.8) is 0 Å². The number of nitrogens with two attached hydrogens (primary N) is 1. The van der Waals surface area contributed by atoms with Crippen molar-refractivity contribution in [2.75, 3.05) is 13.2 Å². The molecule has 0 aromatic heterocycles. The van der Waals surface area contributed by atoms with Gasteiger partial charge < -0.3 is 20.9 Å². The maximum atomic E-state index is 10.9. The normalized spacial score (nSPS) is 11.6. The van der Waals surface area contributed by atoms with Gasteiger partial charge in [-0.2, -0.15) is 0 Å². The largest absolute Gasteiger partial charge is 0.478 e. The lowest BCUT2D eigenvalue weighted by atomic mass is 10.1. The van der Waals surface area contributed by atoms with Crippen molar-refractivity contribution in [1.82, 2.24) is 5.32 Å². The van der Waals surface area contributed by atoms with E-state index in [-0.39, 0.29) is 17.9 Å². The van der Waals surface area contributed by atoms with Gasteiger partial charge in [0.05, 0.1) is 11.3 Å². The van der Waals surface area contributed by atoms with E-state index in [0.29, 0.717) is 13.0 Å². The first-order chi connectivity index (χ1) is 7.02. The fraction of sp³-hybridized carbons (Fsp3) is 0.556. The maximum Gasteiger partial charge on any atom is 0.407 e. The molecule has 0 heterocycles. The van der Waals surface area contributed by atoms with Gasteiger partial charge in [0.2, 0.25) is 0 Å². The third-order valence-corrected chi connectivity index (χ3v) is 1.68. The first kappa shape index (κ1) is 13.3. The number of carbonyl (C=O) groups is 2. The zero-order valence-electron chi connectivity index (χ0n) is 8.87. The SMILES string of the molecule is CCNC(=O)OCC(N)=C(CC)C(=O)O. The van der Waals surface area contributed by atoms with Crippen LogP contribution in [0.4, 0.5) is 4.79 Å². The molecule has 0 spiro atoms. The minimum Gasteiger partial charge on any atom is -0.478 e. The molecule has 0 rings (SSSR count). The van der Waals surface area contributed by atoms with Crippen molar-refractivity contribution < 1.29 is 19.4 Å². The van der Waals surface area contributed by atoms with E-state index < -0.39 is 12.1 Å². The van der Waals surface area contributed by atoms with Crippen molar-refractivity contribution in [2.45, 2.75) is 20.3 Å².